The fourth-order valence-corrected chi connectivity index (χ4v) is 2.25. The number of hydrogen-bond acceptors (Lipinski definition) is 3. The molecule has 0 bridgehead atoms. The number of hydrogen-bond donors (Lipinski definition) is 0. The van der Waals surface area contributed by atoms with Crippen molar-refractivity contribution in [3.05, 3.63) is 34.0 Å². The minimum absolute atomic E-state index is 0.282. The summed E-state index contributed by atoms with van der Waals surface area (Å²) in [4.78, 5) is 12.5. The SMILES string of the molecule is COC(=O)c1ccc2c(C)scc2c1. The number of benzene rings is 1. The van der Waals surface area contributed by atoms with Gasteiger partial charge in [-0.1, -0.05) is 6.07 Å². The first kappa shape index (κ1) is 9.21. The first-order valence-electron chi connectivity index (χ1n) is 4.28. The summed E-state index contributed by atoms with van der Waals surface area (Å²) in [5, 5.41) is 4.37. The van der Waals surface area contributed by atoms with Crippen molar-refractivity contribution in [3.8, 4) is 0 Å². The van der Waals surface area contributed by atoms with Crippen LogP contribution >= 0.6 is 11.3 Å². The summed E-state index contributed by atoms with van der Waals surface area (Å²) >= 11 is 1.69. The van der Waals surface area contributed by atoms with Gasteiger partial charge in [-0.2, -0.15) is 0 Å². The Hall–Kier alpha value is -1.35. The second-order valence-electron chi connectivity index (χ2n) is 3.09. The molecule has 0 fully saturated rings. The monoisotopic (exact) mass is 206 g/mol. The lowest BCUT2D eigenvalue weighted by Crippen LogP contribution is -2.00. The van der Waals surface area contributed by atoms with Gasteiger partial charge in [-0.25, -0.2) is 4.79 Å². The zero-order chi connectivity index (χ0) is 10.1. The molecule has 2 nitrogen and oxygen atoms in total. The molecular formula is C11H10O2S. The molecule has 0 unspecified atom stereocenters. The predicted molar refractivity (Wildman–Crippen MR) is 57.9 cm³/mol. The number of esters is 1. The summed E-state index contributed by atoms with van der Waals surface area (Å²) in [6, 6.07) is 5.63. The van der Waals surface area contributed by atoms with Crippen molar-refractivity contribution in [2.45, 2.75) is 6.92 Å². The van der Waals surface area contributed by atoms with Gasteiger partial charge in [0.1, 0.15) is 0 Å². The lowest BCUT2D eigenvalue weighted by atomic mass is 10.1. The second kappa shape index (κ2) is 3.42. The van der Waals surface area contributed by atoms with Gasteiger partial charge in [0.25, 0.3) is 0 Å². The molecule has 0 saturated carbocycles. The minimum atomic E-state index is -0.282. The summed E-state index contributed by atoms with van der Waals surface area (Å²) in [7, 11) is 1.39. The normalized spacial score (nSPS) is 10.4. The molecule has 2 aromatic rings. The number of ether oxygens (including phenoxy) is 1. The van der Waals surface area contributed by atoms with E-state index in [1.165, 1.54) is 17.4 Å². The topological polar surface area (TPSA) is 26.3 Å². The predicted octanol–water partition coefficient (Wildman–Crippen LogP) is 3.00. The van der Waals surface area contributed by atoms with Crippen LogP contribution in [0.1, 0.15) is 15.2 Å². The van der Waals surface area contributed by atoms with Crippen LogP contribution in [0, 0.1) is 6.92 Å². The molecule has 3 heteroatoms. The first-order valence-corrected chi connectivity index (χ1v) is 5.16. The van der Waals surface area contributed by atoms with Crippen molar-refractivity contribution in [1.29, 1.82) is 0 Å². The van der Waals surface area contributed by atoms with Crippen LogP contribution in [0.4, 0.5) is 0 Å². The summed E-state index contributed by atoms with van der Waals surface area (Å²) in [6.07, 6.45) is 0. The van der Waals surface area contributed by atoms with Gasteiger partial charge < -0.3 is 4.74 Å². The standard InChI is InChI=1S/C11H10O2S/c1-7-10-4-3-8(11(12)13-2)5-9(10)6-14-7/h3-6H,1-2H3. The highest BCUT2D eigenvalue weighted by molar-refractivity contribution is 7.11. The smallest absolute Gasteiger partial charge is 0.337 e. The van der Waals surface area contributed by atoms with Crippen LogP contribution in [-0.2, 0) is 4.74 Å². The molecule has 2 rings (SSSR count). The van der Waals surface area contributed by atoms with Gasteiger partial charge in [0.05, 0.1) is 12.7 Å². The van der Waals surface area contributed by atoms with Crippen LogP contribution in [-0.4, -0.2) is 13.1 Å². The van der Waals surface area contributed by atoms with E-state index in [-0.39, 0.29) is 5.97 Å². The molecule has 72 valence electrons. The molecule has 0 radical (unpaired) electrons. The van der Waals surface area contributed by atoms with Crippen molar-refractivity contribution < 1.29 is 9.53 Å². The zero-order valence-corrected chi connectivity index (χ0v) is 8.85. The number of carbonyl (C=O) groups is 1. The van der Waals surface area contributed by atoms with Gasteiger partial charge in [-0.15, -0.1) is 11.3 Å². The maximum atomic E-state index is 11.2. The highest BCUT2D eigenvalue weighted by Gasteiger charge is 2.07. The van der Waals surface area contributed by atoms with Crippen molar-refractivity contribution in [2.24, 2.45) is 0 Å². The molecule has 1 heterocycles. The minimum Gasteiger partial charge on any atom is -0.465 e. The number of thiophene rings is 1. The number of carbonyl (C=O) groups excluding carboxylic acids is 1. The Balaban J connectivity index is 2.57. The highest BCUT2D eigenvalue weighted by atomic mass is 32.1. The number of aryl methyl sites for hydroxylation is 1. The quantitative estimate of drug-likeness (QED) is 0.670. The molecule has 0 saturated heterocycles. The van der Waals surface area contributed by atoms with Crippen LogP contribution in [0.3, 0.4) is 0 Å². The molecule has 0 atom stereocenters. The van der Waals surface area contributed by atoms with Gasteiger partial charge >= 0.3 is 5.97 Å². The van der Waals surface area contributed by atoms with Crippen LogP contribution in [0.25, 0.3) is 10.8 Å². The third-order valence-electron chi connectivity index (χ3n) is 2.21. The van der Waals surface area contributed by atoms with Crippen molar-refractivity contribution in [1.82, 2.24) is 0 Å². The van der Waals surface area contributed by atoms with Gasteiger partial charge in [0.2, 0.25) is 0 Å². The van der Waals surface area contributed by atoms with E-state index in [1.54, 1.807) is 17.4 Å². The second-order valence-corrected chi connectivity index (χ2v) is 4.17. The summed E-state index contributed by atoms with van der Waals surface area (Å²) in [5.74, 6) is -0.282. The van der Waals surface area contributed by atoms with Crippen LogP contribution in [0.5, 0.6) is 0 Å². The van der Waals surface area contributed by atoms with E-state index in [2.05, 4.69) is 17.0 Å². The average Bonchev–Trinajstić information content (AvgIpc) is 2.59. The van der Waals surface area contributed by atoms with Crippen LogP contribution in [0.2, 0.25) is 0 Å². The maximum Gasteiger partial charge on any atom is 0.337 e. The summed E-state index contributed by atoms with van der Waals surface area (Å²) in [6.45, 7) is 2.07. The third-order valence-corrected chi connectivity index (χ3v) is 3.16. The molecule has 1 aromatic carbocycles. The summed E-state index contributed by atoms with van der Waals surface area (Å²) < 4.78 is 4.66. The fraction of sp³-hybridized carbons (Fsp3) is 0.182. The third kappa shape index (κ3) is 1.40. The Morgan fingerprint density at radius 3 is 2.93 bits per heavy atom. The molecule has 0 amide bonds. The van der Waals surface area contributed by atoms with Crippen molar-refractivity contribution in [2.75, 3.05) is 7.11 Å². The van der Waals surface area contributed by atoms with E-state index in [4.69, 9.17) is 0 Å². The van der Waals surface area contributed by atoms with E-state index in [0.29, 0.717) is 5.56 Å². The van der Waals surface area contributed by atoms with Crippen LogP contribution < -0.4 is 0 Å². The van der Waals surface area contributed by atoms with E-state index in [9.17, 15) is 4.79 Å². The zero-order valence-electron chi connectivity index (χ0n) is 8.03. The van der Waals surface area contributed by atoms with E-state index < -0.39 is 0 Å². The van der Waals surface area contributed by atoms with Gasteiger partial charge in [-0.3, -0.25) is 0 Å². The molecule has 0 N–H and O–H groups in total. The lowest BCUT2D eigenvalue weighted by molar-refractivity contribution is 0.0601. The average molecular weight is 206 g/mol. The molecule has 0 aliphatic carbocycles. The molecule has 0 aliphatic rings. The maximum absolute atomic E-state index is 11.2. The Morgan fingerprint density at radius 1 is 1.43 bits per heavy atom. The van der Waals surface area contributed by atoms with Gasteiger partial charge in [-0.05, 0) is 35.2 Å². The van der Waals surface area contributed by atoms with Crippen LogP contribution in [0.15, 0.2) is 23.6 Å². The van der Waals surface area contributed by atoms with E-state index in [0.717, 1.165) is 5.39 Å². The summed E-state index contributed by atoms with van der Waals surface area (Å²) in [5.41, 5.74) is 0.609. The van der Waals surface area contributed by atoms with E-state index >= 15 is 0 Å². The van der Waals surface area contributed by atoms with Gasteiger partial charge in [0.15, 0.2) is 0 Å². The van der Waals surface area contributed by atoms with Crippen molar-refractivity contribution >= 4 is 28.1 Å². The Labute approximate surface area is 86.1 Å². The fourth-order valence-electron chi connectivity index (χ4n) is 1.44. The van der Waals surface area contributed by atoms with Crippen molar-refractivity contribution in [3.63, 3.8) is 0 Å². The Kier molecular flexibility index (Phi) is 2.25. The lowest BCUT2D eigenvalue weighted by Gasteiger charge is -1.98. The Bertz CT molecular complexity index is 485. The first-order chi connectivity index (χ1) is 6.72. The van der Waals surface area contributed by atoms with E-state index in [1.807, 2.05) is 12.1 Å². The molecule has 14 heavy (non-hydrogen) atoms. The Morgan fingerprint density at radius 2 is 2.21 bits per heavy atom. The molecule has 0 aliphatic heterocycles. The number of fused-ring (bicyclic) bond motifs is 1. The molecular weight excluding hydrogens is 196 g/mol. The molecule has 1 aromatic heterocycles. The largest absolute Gasteiger partial charge is 0.465 e. The molecule has 0 spiro atoms. The highest BCUT2D eigenvalue weighted by Crippen LogP contribution is 2.25. The van der Waals surface area contributed by atoms with Gasteiger partial charge in [0, 0.05) is 4.88 Å². The number of rotatable bonds is 1. The number of methoxy groups -OCH3 is 1.